The molecule has 174 valence electrons. The normalized spacial score (nSPS) is 22.3. The number of amides is 1. The average Bonchev–Trinajstić information content (AvgIpc) is 3.28. The second kappa shape index (κ2) is 9.12. The second-order valence-corrected chi connectivity index (χ2v) is 10.9. The number of nitrogens with one attached hydrogen (secondary N) is 2. The van der Waals surface area contributed by atoms with Crippen molar-refractivity contribution in [3.63, 3.8) is 0 Å². The van der Waals surface area contributed by atoms with Crippen LogP contribution in [0.15, 0.2) is 40.6 Å². The van der Waals surface area contributed by atoms with Crippen LogP contribution in [0.25, 0.3) is 0 Å². The number of carbonyl (C=O) groups excluding carboxylic acids is 1. The smallest absolute Gasteiger partial charge is 0.350 e. The highest BCUT2D eigenvalue weighted by molar-refractivity contribution is 7.89. The van der Waals surface area contributed by atoms with Gasteiger partial charge in [-0.25, -0.2) is 8.42 Å². The number of piperidine rings is 1. The molecule has 0 spiro atoms. The summed E-state index contributed by atoms with van der Waals surface area (Å²) in [6, 6.07) is 7.42. The minimum absolute atomic E-state index is 0.0109. The zero-order valence-electron chi connectivity index (χ0n) is 17.2. The van der Waals surface area contributed by atoms with Crippen molar-refractivity contribution in [3.8, 4) is 0 Å². The number of alkyl halides is 3. The number of hydrogen-bond acceptors (Lipinski definition) is 5. The molecule has 2 aromatic rings. The van der Waals surface area contributed by atoms with Crippen molar-refractivity contribution in [1.29, 1.82) is 0 Å². The number of hydrogen-bond donors (Lipinski definition) is 2. The lowest BCUT2D eigenvalue weighted by Crippen LogP contribution is -2.44. The van der Waals surface area contributed by atoms with E-state index >= 15 is 0 Å². The van der Waals surface area contributed by atoms with Gasteiger partial charge >= 0.3 is 6.18 Å². The largest absolute Gasteiger partial charge is 0.397 e. The van der Waals surface area contributed by atoms with Crippen LogP contribution in [0.5, 0.6) is 0 Å². The molecule has 1 aromatic heterocycles. The molecule has 3 heterocycles. The van der Waals surface area contributed by atoms with E-state index in [0.29, 0.717) is 12.1 Å². The van der Waals surface area contributed by atoms with Crippen LogP contribution in [0, 0.1) is 0 Å². The molecule has 1 saturated heterocycles. The van der Waals surface area contributed by atoms with E-state index in [1.54, 1.807) is 6.07 Å². The van der Waals surface area contributed by atoms with Crippen LogP contribution in [0.4, 0.5) is 13.2 Å². The van der Waals surface area contributed by atoms with Crippen molar-refractivity contribution in [1.82, 2.24) is 14.9 Å². The summed E-state index contributed by atoms with van der Waals surface area (Å²) in [5.41, 5.74) is 0.406. The first-order valence-electron chi connectivity index (χ1n) is 10.4. The Kier molecular flexibility index (Phi) is 6.62. The van der Waals surface area contributed by atoms with Gasteiger partial charge in [0.25, 0.3) is 5.91 Å². The van der Waals surface area contributed by atoms with Gasteiger partial charge in [0.15, 0.2) is 0 Å². The Morgan fingerprint density at radius 3 is 2.72 bits per heavy atom. The molecule has 11 heteroatoms. The van der Waals surface area contributed by atoms with E-state index in [4.69, 9.17) is 0 Å². The van der Waals surface area contributed by atoms with Gasteiger partial charge in [-0.1, -0.05) is 30.7 Å². The summed E-state index contributed by atoms with van der Waals surface area (Å²) in [4.78, 5) is 12.5. The Hall–Kier alpha value is -1.95. The fraction of sp³-hybridized carbons (Fsp3) is 0.476. The van der Waals surface area contributed by atoms with Crippen LogP contribution in [0.3, 0.4) is 0 Å². The van der Waals surface area contributed by atoms with E-state index in [2.05, 4.69) is 10.6 Å². The summed E-state index contributed by atoms with van der Waals surface area (Å²) in [6.07, 6.45) is -1.54. The van der Waals surface area contributed by atoms with E-state index in [0.717, 1.165) is 41.4 Å². The van der Waals surface area contributed by atoms with Gasteiger partial charge in [0.05, 0.1) is 5.92 Å². The molecule has 1 unspecified atom stereocenters. The number of fused-ring (bicyclic) bond motifs is 1. The Morgan fingerprint density at radius 1 is 1.22 bits per heavy atom. The fourth-order valence-corrected chi connectivity index (χ4v) is 6.99. The van der Waals surface area contributed by atoms with Gasteiger partial charge in [-0.15, -0.1) is 11.3 Å². The SMILES string of the molecule is O=C(NC[C@H]1CCCCN1)c1sccc1S(=O)(=O)N1Cc2ccccc2C(C(F)(F)F)C1. The topological polar surface area (TPSA) is 78.5 Å². The third kappa shape index (κ3) is 4.70. The van der Waals surface area contributed by atoms with Gasteiger partial charge in [0, 0.05) is 25.7 Å². The van der Waals surface area contributed by atoms with Crippen molar-refractivity contribution in [2.45, 2.75) is 48.8 Å². The minimum atomic E-state index is -4.59. The number of nitrogens with zero attached hydrogens (tertiary/aromatic N) is 1. The molecule has 1 amide bonds. The second-order valence-electron chi connectivity index (χ2n) is 8.06. The minimum Gasteiger partial charge on any atom is -0.350 e. The van der Waals surface area contributed by atoms with Crippen LogP contribution >= 0.6 is 11.3 Å². The number of sulfonamides is 1. The first kappa shape index (κ1) is 23.2. The lowest BCUT2D eigenvalue weighted by molar-refractivity contribution is -0.154. The summed E-state index contributed by atoms with van der Waals surface area (Å²) in [7, 11) is -4.31. The molecule has 2 aliphatic rings. The Labute approximate surface area is 188 Å². The maximum absolute atomic E-state index is 13.7. The van der Waals surface area contributed by atoms with E-state index in [1.807, 2.05) is 0 Å². The lowest BCUT2D eigenvalue weighted by Gasteiger charge is -2.34. The molecule has 0 saturated carbocycles. The van der Waals surface area contributed by atoms with Gasteiger partial charge in [-0.3, -0.25) is 4.79 Å². The lowest BCUT2D eigenvalue weighted by atomic mass is 9.90. The number of benzene rings is 1. The summed E-state index contributed by atoms with van der Waals surface area (Å²) >= 11 is 0.967. The predicted molar refractivity (Wildman–Crippen MR) is 115 cm³/mol. The van der Waals surface area contributed by atoms with E-state index < -0.39 is 34.6 Å². The monoisotopic (exact) mass is 487 g/mol. The third-order valence-electron chi connectivity index (χ3n) is 5.93. The molecule has 4 rings (SSSR count). The van der Waals surface area contributed by atoms with Crippen LogP contribution in [-0.4, -0.2) is 50.5 Å². The highest BCUT2D eigenvalue weighted by Gasteiger charge is 2.47. The van der Waals surface area contributed by atoms with Crippen molar-refractivity contribution >= 4 is 27.3 Å². The predicted octanol–water partition coefficient (Wildman–Crippen LogP) is 3.47. The average molecular weight is 488 g/mol. The maximum atomic E-state index is 13.7. The first-order chi connectivity index (χ1) is 15.2. The molecule has 2 aliphatic heterocycles. The molecule has 0 bridgehead atoms. The van der Waals surface area contributed by atoms with E-state index in [9.17, 15) is 26.4 Å². The van der Waals surface area contributed by atoms with Crippen molar-refractivity contribution in [2.75, 3.05) is 19.6 Å². The molecular weight excluding hydrogens is 463 g/mol. The summed E-state index contributed by atoms with van der Waals surface area (Å²) < 4.78 is 68.7. The van der Waals surface area contributed by atoms with Crippen LogP contribution in [0.1, 0.15) is 46.0 Å². The molecule has 1 fully saturated rings. The zero-order chi connectivity index (χ0) is 22.9. The van der Waals surface area contributed by atoms with Gasteiger partial charge in [-0.2, -0.15) is 17.5 Å². The number of rotatable bonds is 5. The molecule has 0 aliphatic carbocycles. The Bertz CT molecular complexity index is 1080. The van der Waals surface area contributed by atoms with Gasteiger partial charge in [0.1, 0.15) is 9.77 Å². The Morgan fingerprint density at radius 2 is 2.00 bits per heavy atom. The third-order valence-corrected chi connectivity index (χ3v) is 8.83. The molecule has 2 N–H and O–H groups in total. The quantitative estimate of drug-likeness (QED) is 0.677. The summed E-state index contributed by atoms with van der Waals surface area (Å²) in [5, 5.41) is 7.54. The summed E-state index contributed by atoms with van der Waals surface area (Å²) in [6.45, 7) is 0.346. The Balaban J connectivity index is 1.57. The fourth-order valence-electron chi connectivity index (χ4n) is 4.24. The first-order valence-corrected chi connectivity index (χ1v) is 12.7. The number of carbonyl (C=O) groups is 1. The zero-order valence-corrected chi connectivity index (χ0v) is 18.8. The molecule has 2 atom stereocenters. The standard InChI is InChI=1S/C21H24F3N3O3S2/c22-21(23,24)17-13-27(12-14-5-1-2-7-16(14)17)32(29,30)18-8-10-31-19(18)20(28)26-11-15-6-3-4-9-25-15/h1-2,5,7-8,10,15,17,25H,3-4,6,9,11-13H2,(H,26,28)/t15-,17?/m1/s1. The van der Waals surface area contributed by atoms with Crippen LogP contribution in [0.2, 0.25) is 0 Å². The van der Waals surface area contributed by atoms with E-state index in [-0.39, 0.29) is 27.9 Å². The molecule has 0 radical (unpaired) electrons. The van der Waals surface area contributed by atoms with Crippen molar-refractivity contribution in [2.24, 2.45) is 0 Å². The molecule has 6 nitrogen and oxygen atoms in total. The van der Waals surface area contributed by atoms with Crippen LogP contribution in [-0.2, 0) is 16.6 Å². The molecular formula is C21H24F3N3O3S2. The van der Waals surface area contributed by atoms with E-state index in [1.165, 1.54) is 29.6 Å². The van der Waals surface area contributed by atoms with Gasteiger partial charge in [-0.05, 0) is 42.0 Å². The number of halogens is 3. The highest BCUT2D eigenvalue weighted by Crippen LogP contribution is 2.42. The van der Waals surface area contributed by atoms with Gasteiger partial charge < -0.3 is 10.6 Å². The van der Waals surface area contributed by atoms with Crippen LogP contribution < -0.4 is 10.6 Å². The molecule has 1 aromatic carbocycles. The van der Waals surface area contributed by atoms with Crippen molar-refractivity contribution in [3.05, 3.63) is 51.7 Å². The summed E-state index contributed by atoms with van der Waals surface area (Å²) in [5.74, 6) is -2.45. The van der Waals surface area contributed by atoms with Gasteiger partial charge in [0.2, 0.25) is 10.0 Å². The number of thiophene rings is 1. The highest BCUT2D eigenvalue weighted by atomic mass is 32.2. The maximum Gasteiger partial charge on any atom is 0.397 e. The molecule has 32 heavy (non-hydrogen) atoms. The van der Waals surface area contributed by atoms with Crippen molar-refractivity contribution < 1.29 is 26.4 Å².